The summed E-state index contributed by atoms with van der Waals surface area (Å²) in [5, 5.41) is 37.5. The Bertz CT molecular complexity index is 360. The molecule has 0 aliphatic heterocycles. The van der Waals surface area contributed by atoms with Gasteiger partial charge in [0.05, 0.1) is 25.0 Å². The van der Waals surface area contributed by atoms with Crippen LogP contribution >= 0.6 is 31.9 Å². The molecule has 0 bridgehead atoms. The third kappa shape index (κ3) is 30.0. The predicted octanol–water partition coefficient (Wildman–Crippen LogP) is 5.90. The summed E-state index contributed by atoms with van der Waals surface area (Å²) in [6, 6.07) is 0. The van der Waals surface area contributed by atoms with Crippen molar-refractivity contribution in [2.75, 3.05) is 10.7 Å². The van der Waals surface area contributed by atoms with Crippen LogP contribution in [0.4, 0.5) is 0 Å². The van der Waals surface area contributed by atoms with Gasteiger partial charge in [0.25, 0.3) is 0 Å². The van der Waals surface area contributed by atoms with Crippen LogP contribution in [0.15, 0.2) is 0 Å². The van der Waals surface area contributed by atoms with Gasteiger partial charge >= 0.3 is 11.9 Å². The van der Waals surface area contributed by atoms with Crippen LogP contribution in [-0.2, 0) is 9.59 Å². The molecule has 0 aromatic rings. The molecule has 30 heavy (non-hydrogen) atoms. The maximum atomic E-state index is 10.3. The van der Waals surface area contributed by atoms with E-state index in [1.54, 1.807) is 0 Å². The maximum absolute atomic E-state index is 10.3. The molecule has 0 aromatic carbocycles. The van der Waals surface area contributed by atoms with Gasteiger partial charge in [-0.25, -0.2) is 0 Å². The Kier molecular flexibility index (Phi) is 26.8. The monoisotopic (exact) mass is 560 g/mol. The number of unbranched alkanes of at least 4 members (excludes halogenated alkanes) is 10. The van der Waals surface area contributed by atoms with Gasteiger partial charge in [-0.1, -0.05) is 96.1 Å². The lowest BCUT2D eigenvalue weighted by molar-refractivity contribution is -0.140. The number of aliphatic hydroxyl groups is 2. The molecule has 180 valence electrons. The van der Waals surface area contributed by atoms with Crippen molar-refractivity contribution in [3.63, 3.8) is 0 Å². The van der Waals surface area contributed by atoms with E-state index in [9.17, 15) is 19.8 Å². The number of hydrogen-bond donors (Lipinski definition) is 4. The summed E-state index contributed by atoms with van der Waals surface area (Å²) in [6.45, 7) is 0. The molecule has 0 rings (SSSR count). The molecule has 0 saturated heterocycles. The third-order valence-electron chi connectivity index (χ3n) is 4.66. The first-order valence-electron chi connectivity index (χ1n) is 11.2. The summed E-state index contributed by atoms with van der Waals surface area (Å²) in [7, 11) is 0. The highest BCUT2D eigenvalue weighted by atomic mass is 79.9. The van der Waals surface area contributed by atoms with Gasteiger partial charge in [-0.05, 0) is 25.7 Å². The molecule has 2 atom stereocenters. The van der Waals surface area contributed by atoms with Crippen molar-refractivity contribution in [3.05, 3.63) is 0 Å². The first kappa shape index (κ1) is 32.0. The second-order valence-electron chi connectivity index (χ2n) is 7.70. The van der Waals surface area contributed by atoms with Crippen LogP contribution in [0.5, 0.6) is 0 Å². The second kappa shape index (κ2) is 25.1. The van der Waals surface area contributed by atoms with Gasteiger partial charge in [-0.15, -0.1) is 0 Å². The van der Waals surface area contributed by atoms with Gasteiger partial charge in [0.1, 0.15) is 0 Å². The lowest BCUT2D eigenvalue weighted by Crippen LogP contribution is -2.12. The van der Waals surface area contributed by atoms with Crippen molar-refractivity contribution in [2.45, 2.75) is 115 Å². The molecular weight excluding hydrogens is 520 g/mol. The van der Waals surface area contributed by atoms with Gasteiger partial charge < -0.3 is 20.4 Å². The van der Waals surface area contributed by atoms with Gasteiger partial charge in [0.15, 0.2) is 0 Å². The van der Waals surface area contributed by atoms with E-state index in [1.807, 2.05) is 0 Å². The standard InChI is InChI=1S/2C11H21BrO3/c2*12-8-6-4-2-1-3-5-7-10(13)9-11(14)15/h2*10,13H,1-9H2,(H,14,15). The van der Waals surface area contributed by atoms with E-state index in [1.165, 1.54) is 51.4 Å². The summed E-state index contributed by atoms with van der Waals surface area (Å²) < 4.78 is 0. The summed E-state index contributed by atoms with van der Waals surface area (Å²) >= 11 is 6.77. The number of carbonyl (C=O) groups is 2. The summed E-state index contributed by atoms with van der Waals surface area (Å²) in [5.74, 6) is -1.83. The molecule has 0 amide bonds. The molecule has 6 nitrogen and oxygen atoms in total. The van der Waals surface area contributed by atoms with E-state index >= 15 is 0 Å². The summed E-state index contributed by atoms with van der Waals surface area (Å²) in [5.41, 5.74) is 0. The van der Waals surface area contributed by atoms with E-state index in [2.05, 4.69) is 31.9 Å². The van der Waals surface area contributed by atoms with E-state index in [4.69, 9.17) is 10.2 Å². The average molecular weight is 562 g/mol. The molecule has 0 radical (unpaired) electrons. The average Bonchev–Trinajstić information content (AvgIpc) is 2.66. The van der Waals surface area contributed by atoms with Crippen LogP contribution in [-0.4, -0.2) is 55.2 Å². The van der Waals surface area contributed by atoms with Gasteiger partial charge in [-0.2, -0.15) is 0 Å². The Morgan fingerprint density at radius 3 is 1.07 bits per heavy atom. The van der Waals surface area contributed by atoms with Gasteiger partial charge in [0, 0.05) is 10.7 Å². The van der Waals surface area contributed by atoms with E-state index in [0.717, 1.165) is 36.3 Å². The molecule has 0 spiro atoms. The smallest absolute Gasteiger partial charge is 0.305 e. The maximum Gasteiger partial charge on any atom is 0.305 e. The Balaban J connectivity index is 0. The zero-order chi connectivity index (χ0) is 23.0. The van der Waals surface area contributed by atoms with Crippen LogP contribution in [0.1, 0.15) is 103 Å². The van der Waals surface area contributed by atoms with Crippen LogP contribution in [0, 0.1) is 0 Å². The minimum atomic E-state index is -0.917. The number of carboxylic acid groups (broad SMARTS) is 2. The molecule has 0 fully saturated rings. The number of carboxylic acids is 2. The van der Waals surface area contributed by atoms with Crippen molar-refractivity contribution in [2.24, 2.45) is 0 Å². The lowest BCUT2D eigenvalue weighted by Gasteiger charge is -2.06. The number of aliphatic hydroxyl groups excluding tert-OH is 2. The molecule has 0 aliphatic rings. The van der Waals surface area contributed by atoms with Crippen molar-refractivity contribution in [3.8, 4) is 0 Å². The first-order chi connectivity index (χ1) is 14.3. The highest BCUT2D eigenvalue weighted by Crippen LogP contribution is 2.11. The first-order valence-corrected chi connectivity index (χ1v) is 13.5. The normalized spacial score (nSPS) is 12.7. The van der Waals surface area contributed by atoms with Crippen molar-refractivity contribution < 1.29 is 30.0 Å². The van der Waals surface area contributed by atoms with Crippen LogP contribution < -0.4 is 0 Å². The Labute approximate surface area is 199 Å². The molecule has 8 heteroatoms. The number of hydrogen-bond acceptors (Lipinski definition) is 4. The molecule has 0 saturated carbocycles. The minimum Gasteiger partial charge on any atom is -0.481 e. The molecule has 0 heterocycles. The molecule has 0 aromatic heterocycles. The largest absolute Gasteiger partial charge is 0.481 e. The predicted molar refractivity (Wildman–Crippen MR) is 129 cm³/mol. The van der Waals surface area contributed by atoms with Crippen molar-refractivity contribution >= 4 is 43.8 Å². The quantitative estimate of drug-likeness (QED) is 0.109. The fraction of sp³-hybridized carbons (Fsp3) is 0.909. The van der Waals surface area contributed by atoms with Crippen LogP contribution in [0.3, 0.4) is 0 Å². The summed E-state index contributed by atoms with van der Waals surface area (Å²) in [6.07, 6.45) is 13.5. The van der Waals surface area contributed by atoms with Crippen molar-refractivity contribution in [1.82, 2.24) is 0 Å². The number of halogens is 2. The number of aliphatic carboxylic acids is 2. The van der Waals surface area contributed by atoms with Gasteiger partial charge in [0.2, 0.25) is 0 Å². The summed E-state index contributed by atoms with van der Waals surface area (Å²) in [4.78, 5) is 20.5. The highest BCUT2D eigenvalue weighted by Gasteiger charge is 2.09. The minimum absolute atomic E-state index is 0.121. The zero-order valence-corrected chi connectivity index (χ0v) is 21.4. The van der Waals surface area contributed by atoms with E-state index in [-0.39, 0.29) is 12.8 Å². The Morgan fingerprint density at radius 2 is 0.800 bits per heavy atom. The third-order valence-corrected chi connectivity index (χ3v) is 5.78. The number of rotatable bonds is 20. The number of alkyl halides is 2. The molecule has 4 N–H and O–H groups in total. The highest BCUT2D eigenvalue weighted by molar-refractivity contribution is 9.09. The molecule has 0 aliphatic carbocycles. The van der Waals surface area contributed by atoms with E-state index < -0.39 is 24.1 Å². The Morgan fingerprint density at radius 1 is 0.533 bits per heavy atom. The molecule has 2 unspecified atom stereocenters. The Hall–Kier alpha value is -0.180. The fourth-order valence-electron chi connectivity index (χ4n) is 2.97. The van der Waals surface area contributed by atoms with Crippen molar-refractivity contribution in [1.29, 1.82) is 0 Å². The second-order valence-corrected chi connectivity index (χ2v) is 9.29. The zero-order valence-electron chi connectivity index (χ0n) is 18.2. The fourth-order valence-corrected chi connectivity index (χ4v) is 3.76. The topological polar surface area (TPSA) is 115 Å². The van der Waals surface area contributed by atoms with Gasteiger partial charge in [-0.3, -0.25) is 9.59 Å². The van der Waals surface area contributed by atoms with Crippen LogP contribution in [0.2, 0.25) is 0 Å². The SMILES string of the molecule is O=C(O)CC(O)CCCCCCCCBr.O=C(O)CC(O)CCCCCCCCBr. The molecular formula is C22H42Br2O6. The van der Waals surface area contributed by atoms with E-state index in [0.29, 0.717) is 12.8 Å². The van der Waals surface area contributed by atoms with Crippen LogP contribution in [0.25, 0.3) is 0 Å². The lowest BCUT2D eigenvalue weighted by atomic mass is 10.1.